The lowest BCUT2D eigenvalue weighted by Crippen LogP contribution is -2.48. The highest BCUT2D eigenvalue weighted by atomic mass is 79.9. The highest BCUT2D eigenvalue weighted by molar-refractivity contribution is 9.10. The summed E-state index contributed by atoms with van der Waals surface area (Å²) in [6.45, 7) is 13.7. The molecule has 7 nitrogen and oxygen atoms in total. The first-order chi connectivity index (χ1) is 13.6. The van der Waals surface area contributed by atoms with Crippen LogP contribution in [0.2, 0.25) is 0 Å². The van der Waals surface area contributed by atoms with Crippen molar-refractivity contribution < 1.29 is 9.53 Å². The Bertz CT molecular complexity index is 804. The van der Waals surface area contributed by atoms with Crippen LogP contribution in [-0.2, 0) is 16.1 Å². The number of nitrogens with zero attached hydrogens (tertiary/aromatic N) is 3. The molecule has 1 aromatic heterocycles. The van der Waals surface area contributed by atoms with Crippen molar-refractivity contribution in [2.75, 3.05) is 31.6 Å². The molecule has 8 heteroatoms. The second kappa shape index (κ2) is 8.76. The van der Waals surface area contributed by atoms with Gasteiger partial charge in [-0.05, 0) is 45.5 Å². The number of carbonyl (C=O) groups is 1. The first kappa shape index (κ1) is 22.3. The highest BCUT2D eigenvalue weighted by Crippen LogP contribution is 2.48. The zero-order valence-corrected chi connectivity index (χ0v) is 19.7. The predicted octanol–water partition coefficient (Wildman–Crippen LogP) is 2.98. The van der Waals surface area contributed by atoms with Crippen LogP contribution in [0, 0.1) is 23.2 Å². The summed E-state index contributed by atoms with van der Waals surface area (Å²) in [6, 6.07) is 0.274. The van der Waals surface area contributed by atoms with Gasteiger partial charge in [0.05, 0.1) is 25.1 Å². The second-order valence-corrected chi connectivity index (χ2v) is 9.98. The van der Waals surface area contributed by atoms with Crippen molar-refractivity contribution in [3.63, 3.8) is 0 Å². The Morgan fingerprint density at radius 2 is 1.97 bits per heavy atom. The summed E-state index contributed by atoms with van der Waals surface area (Å²) in [5, 5.41) is 7.81. The quantitative estimate of drug-likeness (QED) is 0.734. The monoisotopic (exact) mass is 468 g/mol. The molecule has 29 heavy (non-hydrogen) atoms. The van der Waals surface area contributed by atoms with Gasteiger partial charge in [-0.25, -0.2) is 4.68 Å². The maximum absolute atomic E-state index is 12.8. The van der Waals surface area contributed by atoms with Gasteiger partial charge < -0.3 is 15.0 Å². The second-order valence-electron chi connectivity index (χ2n) is 9.18. The normalized spacial score (nSPS) is 29.5. The van der Waals surface area contributed by atoms with Crippen LogP contribution in [0.3, 0.4) is 0 Å². The van der Waals surface area contributed by atoms with E-state index in [1.807, 2.05) is 0 Å². The largest absolute Gasteiger partial charge is 0.380 e. The molecule has 0 aromatic carbocycles. The average Bonchev–Trinajstić information content (AvgIpc) is 2.71. The van der Waals surface area contributed by atoms with Gasteiger partial charge in [0.15, 0.2) is 0 Å². The van der Waals surface area contributed by atoms with Crippen LogP contribution >= 0.6 is 15.9 Å². The van der Waals surface area contributed by atoms with Crippen molar-refractivity contribution in [3.8, 4) is 0 Å². The summed E-state index contributed by atoms with van der Waals surface area (Å²) in [6.07, 6.45) is 2.70. The van der Waals surface area contributed by atoms with Crippen LogP contribution in [0.1, 0.15) is 41.0 Å². The fourth-order valence-electron chi connectivity index (χ4n) is 4.48. The molecule has 1 saturated heterocycles. The third-order valence-electron chi connectivity index (χ3n) is 7.45. The zero-order valence-electron chi connectivity index (χ0n) is 18.1. The molecule has 1 saturated carbocycles. The summed E-state index contributed by atoms with van der Waals surface area (Å²) in [7, 11) is 0. The molecule has 0 unspecified atom stereocenters. The molecule has 0 radical (unpaired) electrons. The van der Waals surface area contributed by atoms with Gasteiger partial charge in [-0.2, -0.15) is 5.10 Å². The first-order valence-electron chi connectivity index (χ1n) is 10.5. The van der Waals surface area contributed by atoms with Gasteiger partial charge in [0.2, 0.25) is 5.91 Å². The summed E-state index contributed by atoms with van der Waals surface area (Å²) in [5.74, 6) is 1.49. The van der Waals surface area contributed by atoms with Crippen LogP contribution in [0.5, 0.6) is 0 Å². The van der Waals surface area contributed by atoms with Gasteiger partial charge in [0, 0.05) is 19.1 Å². The van der Waals surface area contributed by atoms with E-state index in [1.54, 1.807) is 11.1 Å². The number of ether oxygens (including phenoxy) is 1. The van der Waals surface area contributed by atoms with Crippen molar-refractivity contribution in [3.05, 3.63) is 21.0 Å². The molecule has 1 amide bonds. The number of halogens is 1. The lowest BCUT2D eigenvalue weighted by molar-refractivity contribution is -0.136. The minimum Gasteiger partial charge on any atom is -0.380 e. The van der Waals surface area contributed by atoms with Gasteiger partial charge in [-0.3, -0.25) is 9.59 Å². The lowest BCUT2D eigenvalue weighted by Gasteiger charge is -2.50. The van der Waals surface area contributed by atoms with E-state index in [4.69, 9.17) is 4.74 Å². The Hall–Kier alpha value is -1.41. The number of morpholine rings is 1. The van der Waals surface area contributed by atoms with Gasteiger partial charge in [-0.1, -0.05) is 34.6 Å². The van der Waals surface area contributed by atoms with Crippen molar-refractivity contribution in [2.24, 2.45) is 23.2 Å². The van der Waals surface area contributed by atoms with Crippen molar-refractivity contribution >= 4 is 27.5 Å². The average molecular weight is 469 g/mol. The molecule has 0 spiro atoms. The molecule has 1 N–H and O–H groups in total. The first-order valence-corrected chi connectivity index (χ1v) is 11.3. The summed E-state index contributed by atoms with van der Waals surface area (Å²) in [4.78, 5) is 26.9. The number of carbonyl (C=O) groups excluding carboxylic acids is 1. The molecule has 2 fully saturated rings. The third kappa shape index (κ3) is 4.53. The maximum Gasteiger partial charge on any atom is 0.283 e. The standard InChI is InChI=1S/C21H33BrN4O3/c1-13-10-16(14(2)15(3)21(13,4)5)24-17-11-23-26(20(28)19(17)22)12-18(27)25-6-8-29-9-7-25/h11,13-16,24H,6-10,12H2,1-5H3/t13-,14+,15+,16+/m0/s1. The highest BCUT2D eigenvalue weighted by Gasteiger charge is 2.43. The molecular formula is C21H33BrN4O3. The van der Waals surface area contributed by atoms with Gasteiger partial charge >= 0.3 is 0 Å². The Balaban J connectivity index is 1.72. The molecule has 162 valence electrons. The number of amides is 1. The smallest absolute Gasteiger partial charge is 0.283 e. The maximum atomic E-state index is 12.8. The Kier molecular flexibility index (Phi) is 6.73. The molecule has 1 aliphatic heterocycles. The van der Waals surface area contributed by atoms with Crippen molar-refractivity contribution in [2.45, 2.75) is 53.6 Å². The Morgan fingerprint density at radius 3 is 2.62 bits per heavy atom. The van der Waals surface area contributed by atoms with E-state index >= 15 is 0 Å². The van der Waals surface area contributed by atoms with Crippen LogP contribution in [0.4, 0.5) is 5.69 Å². The molecule has 1 aromatic rings. The van der Waals surface area contributed by atoms with Crippen LogP contribution in [-0.4, -0.2) is 52.9 Å². The molecule has 2 heterocycles. The van der Waals surface area contributed by atoms with Crippen molar-refractivity contribution in [1.29, 1.82) is 0 Å². The fraction of sp³-hybridized carbons (Fsp3) is 0.762. The van der Waals surface area contributed by atoms with Gasteiger partial charge in [0.25, 0.3) is 5.56 Å². The molecule has 1 aliphatic carbocycles. The van der Waals surface area contributed by atoms with Crippen molar-refractivity contribution in [1.82, 2.24) is 14.7 Å². The summed E-state index contributed by atoms with van der Waals surface area (Å²) in [5.41, 5.74) is 0.693. The van der Waals surface area contributed by atoms with E-state index in [9.17, 15) is 9.59 Å². The van der Waals surface area contributed by atoms with E-state index in [0.29, 0.717) is 54.2 Å². The van der Waals surface area contributed by atoms with Crippen LogP contribution in [0.15, 0.2) is 15.5 Å². The molecule has 3 rings (SSSR count). The van der Waals surface area contributed by atoms with Gasteiger partial charge in [0.1, 0.15) is 11.0 Å². The van der Waals surface area contributed by atoms with Crippen LogP contribution in [0.25, 0.3) is 0 Å². The topological polar surface area (TPSA) is 76.5 Å². The predicted molar refractivity (Wildman–Crippen MR) is 117 cm³/mol. The summed E-state index contributed by atoms with van der Waals surface area (Å²) < 4.78 is 6.93. The van der Waals surface area contributed by atoms with Gasteiger partial charge in [-0.15, -0.1) is 0 Å². The van der Waals surface area contributed by atoms with E-state index < -0.39 is 0 Å². The number of rotatable bonds is 4. The molecular weight excluding hydrogens is 436 g/mol. The molecule has 0 bridgehead atoms. The molecule has 2 aliphatic rings. The number of nitrogens with one attached hydrogen (secondary N) is 1. The third-order valence-corrected chi connectivity index (χ3v) is 8.22. The van der Waals surface area contributed by atoms with E-state index in [-0.39, 0.29) is 29.5 Å². The van der Waals surface area contributed by atoms with Crippen LogP contribution < -0.4 is 10.9 Å². The number of aromatic nitrogens is 2. The SMILES string of the molecule is C[C@@H]1[C@@H](C)C(C)(C)[C@@H](C)C[C@H]1Nc1cnn(CC(=O)N2CCOCC2)c(=O)c1Br. The van der Waals surface area contributed by atoms with E-state index in [0.717, 1.165) is 6.42 Å². The Labute approximate surface area is 181 Å². The fourth-order valence-corrected chi connectivity index (χ4v) is 4.90. The Morgan fingerprint density at radius 1 is 1.31 bits per heavy atom. The van der Waals surface area contributed by atoms with E-state index in [2.05, 4.69) is 61.0 Å². The van der Waals surface area contributed by atoms with E-state index in [1.165, 1.54) is 4.68 Å². The zero-order chi connectivity index (χ0) is 21.3. The number of hydrogen-bond donors (Lipinski definition) is 1. The lowest BCUT2D eigenvalue weighted by atomic mass is 9.58. The summed E-state index contributed by atoms with van der Waals surface area (Å²) >= 11 is 3.44. The minimum absolute atomic E-state index is 0.0558. The molecule has 4 atom stereocenters. The number of anilines is 1. The number of hydrogen-bond acceptors (Lipinski definition) is 5. The minimum atomic E-state index is -0.290.